The van der Waals surface area contributed by atoms with Gasteiger partial charge in [-0.1, -0.05) is 23.2 Å². The highest BCUT2D eigenvalue weighted by molar-refractivity contribution is 7.92. The number of rotatable bonds is 3. The van der Waals surface area contributed by atoms with Crippen LogP contribution in [0.25, 0.3) is 0 Å². The summed E-state index contributed by atoms with van der Waals surface area (Å²) in [5.74, 6) is 0.0598. The number of hydrogen-bond donors (Lipinski definition) is 2. The number of nitrogens with zero attached hydrogens (tertiary/aromatic N) is 3. The molecule has 7 nitrogen and oxygen atoms in total. The van der Waals surface area contributed by atoms with E-state index in [-0.39, 0.29) is 26.6 Å². The van der Waals surface area contributed by atoms with E-state index in [1.54, 1.807) is 7.05 Å². The maximum absolute atomic E-state index is 12.2. The molecular weight excluding hydrogens is 313 g/mol. The van der Waals surface area contributed by atoms with Crippen molar-refractivity contribution in [3.63, 3.8) is 0 Å². The van der Waals surface area contributed by atoms with Gasteiger partial charge in [0.1, 0.15) is 11.2 Å². The predicted molar refractivity (Wildman–Crippen MR) is 72.7 cm³/mol. The molecule has 0 unspecified atom stereocenters. The van der Waals surface area contributed by atoms with Crippen molar-refractivity contribution in [2.45, 2.75) is 4.90 Å². The summed E-state index contributed by atoms with van der Waals surface area (Å²) < 4.78 is 27.8. The van der Waals surface area contributed by atoms with Gasteiger partial charge in [-0.05, 0) is 12.1 Å². The number of sulfonamides is 1. The lowest BCUT2D eigenvalue weighted by atomic mass is 10.3. The molecule has 1 aromatic heterocycles. The molecule has 19 heavy (non-hydrogen) atoms. The minimum Gasteiger partial charge on any atom is -0.396 e. The Labute approximate surface area is 119 Å². The van der Waals surface area contributed by atoms with Crippen LogP contribution in [0.5, 0.6) is 0 Å². The third-order valence-electron chi connectivity index (χ3n) is 2.32. The molecule has 2 rings (SSSR count). The third kappa shape index (κ3) is 2.60. The average molecular weight is 322 g/mol. The van der Waals surface area contributed by atoms with Crippen LogP contribution in [0.3, 0.4) is 0 Å². The van der Waals surface area contributed by atoms with Gasteiger partial charge in [0.05, 0.1) is 15.7 Å². The monoisotopic (exact) mass is 321 g/mol. The first kappa shape index (κ1) is 13.9. The van der Waals surface area contributed by atoms with Crippen LogP contribution in [0.15, 0.2) is 23.4 Å². The van der Waals surface area contributed by atoms with Crippen molar-refractivity contribution >= 4 is 44.9 Å². The van der Waals surface area contributed by atoms with E-state index in [4.69, 9.17) is 28.9 Å². The van der Waals surface area contributed by atoms with E-state index in [9.17, 15) is 8.42 Å². The molecule has 1 heterocycles. The Morgan fingerprint density at radius 1 is 1.37 bits per heavy atom. The van der Waals surface area contributed by atoms with E-state index >= 15 is 0 Å². The van der Waals surface area contributed by atoms with Gasteiger partial charge in [0, 0.05) is 7.05 Å². The SMILES string of the molecule is Cn1ncnc1NS(=O)(=O)c1ccc(Cl)c(N)c1Cl. The highest BCUT2D eigenvalue weighted by Gasteiger charge is 2.22. The second-order valence-electron chi connectivity index (χ2n) is 3.59. The molecule has 0 fully saturated rings. The molecule has 0 saturated heterocycles. The van der Waals surface area contributed by atoms with Crippen LogP contribution in [-0.4, -0.2) is 23.2 Å². The van der Waals surface area contributed by atoms with Crippen LogP contribution in [0.1, 0.15) is 0 Å². The van der Waals surface area contributed by atoms with Crippen molar-refractivity contribution in [3.05, 3.63) is 28.5 Å². The van der Waals surface area contributed by atoms with E-state index in [0.29, 0.717) is 0 Å². The van der Waals surface area contributed by atoms with Gasteiger partial charge in [-0.2, -0.15) is 10.1 Å². The van der Waals surface area contributed by atoms with Gasteiger partial charge in [0.15, 0.2) is 0 Å². The fraction of sp³-hybridized carbons (Fsp3) is 0.111. The molecule has 0 amide bonds. The first-order chi connectivity index (χ1) is 8.83. The lowest BCUT2D eigenvalue weighted by molar-refractivity contribution is 0.600. The number of nitrogens with one attached hydrogen (secondary N) is 1. The van der Waals surface area contributed by atoms with Crippen molar-refractivity contribution < 1.29 is 8.42 Å². The maximum Gasteiger partial charge on any atom is 0.265 e. The predicted octanol–water partition coefficient (Wildman–Crippen LogP) is 1.50. The van der Waals surface area contributed by atoms with Crippen molar-refractivity contribution in [2.24, 2.45) is 7.05 Å². The molecule has 0 radical (unpaired) electrons. The van der Waals surface area contributed by atoms with Crippen LogP contribution in [0.4, 0.5) is 11.6 Å². The zero-order valence-electron chi connectivity index (χ0n) is 9.63. The van der Waals surface area contributed by atoms with Crippen molar-refractivity contribution in [1.29, 1.82) is 0 Å². The number of nitrogen functional groups attached to an aromatic ring is 1. The van der Waals surface area contributed by atoms with Crippen molar-refractivity contribution in [2.75, 3.05) is 10.5 Å². The largest absolute Gasteiger partial charge is 0.396 e. The van der Waals surface area contributed by atoms with Crippen LogP contribution in [0.2, 0.25) is 10.0 Å². The molecule has 1 aromatic carbocycles. The van der Waals surface area contributed by atoms with Gasteiger partial charge in [0.25, 0.3) is 10.0 Å². The van der Waals surface area contributed by atoms with Crippen LogP contribution in [-0.2, 0) is 17.1 Å². The molecule has 0 aliphatic rings. The average Bonchev–Trinajstić information content (AvgIpc) is 2.71. The van der Waals surface area contributed by atoms with Gasteiger partial charge in [-0.25, -0.2) is 17.8 Å². The first-order valence-electron chi connectivity index (χ1n) is 4.93. The number of benzene rings is 1. The summed E-state index contributed by atoms with van der Waals surface area (Å²) in [4.78, 5) is 3.58. The smallest absolute Gasteiger partial charge is 0.265 e. The third-order valence-corrected chi connectivity index (χ3v) is 4.54. The highest BCUT2D eigenvalue weighted by atomic mass is 35.5. The number of halogens is 2. The lowest BCUT2D eigenvalue weighted by Gasteiger charge is -2.10. The first-order valence-corrected chi connectivity index (χ1v) is 7.17. The van der Waals surface area contributed by atoms with Gasteiger partial charge in [-0.15, -0.1) is 0 Å². The van der Waals surface area contributed by atoms with Crippen LogP contribution >= 0.6 is 23.2 Å². The summed E-state index contributed by atoms with van der Waals surface area (Å²) >= 11 is 11.6. The summed E-state index contributed by atoms with van der Waals surface area (Å²) in [5, 5.41) is 3.79. The minimum atomic E-state index is -3.92. The number of anilines is 2. The van der Waals surface area contributed by atoms with E-state index in [2.05, 4.69) is 14.8 Å². The van der Waals surface area contributed by atoms with Gasteiger partial charge in [-0.3, -0.25) is 0 Å². The Hall–Kier alpha value is -1.51. The molecule has 0 aliphatic carbocycles. The fourth-order valence-electron chi connectivity index (χ4n) is 1.32. The van der Waals surface area contributed by atoms with E-state index in [0.717, 1.165) is 0 Å². The quantitative estimate of drug-likeness (QED) is 0.834. The Balaban J connectivity index is 2.46. The van der Waals surface area contributed by atoms with Crippen LogP contribution in [0, 0.1) is 0 Å². The maximum atomic E-state index is 12.2. The zero-order valence-corrected chi connectivity index (χ0v) is 12.0. The van der Waals surface area contributed by atoms with Gasteiger partial charge in [0.2, 0.25) is 5.95 Å². The summed E-state index contributed by atoms with van der Waals surface area (Å²) in [7, 11) is -2.38. The Morgan fingerprint density at radius 2 is 2.05 bits per heavy atom. The minimum absolute atomic E-state index is 0.00386. The topological polar surface area (TPSA) is 103 Å². The molecule has 10 heteroatoms. The molecule has 102 valence electrons. The number of nitrogens with two attached hydrogens (primary N) is 1. The normalized spacial score (nSPS) is 11.5. The van der Waals surface area contributed by atoms with Crippen LogP contribution < -0.4 is 10.5 Å². The molecule has 0 spiro atoms. The molecular formula is C9H9Cl2N5O2S. The van der Waals surface area contributed by atoms with Crippen molar-refractivity contribution in [3.8, 4) is 0 Å². The van der Waals surface area contributed by atoms with E-state index in [1.807, 2.05) is 0 Å². The van der Waals surface area contributed by atoms with Crippen molar-refractivity contribution in [1.82, 2.24) is 14.8 Å². The van der Waals surface area contributed by atoms with Gasteiger partial charge >= 0.3 is 0 Å². The molecule has 0 aliphatic heterocycles. The second-order valence-corrected chi connectivity index (χ2v) is 6.02. The molecule has 0 saturated carbocycles. The fourth-order valence-corrected chi connectivity index (χ4v) is 3.12. The number of aromatic nitrogens is 3. The summed E-state index contributed by atoms with van der Waals surface area (Å²) in [6.45, 7) is 0. The Kier molecular flexibility index (Phi) is 3.57. The van der Waals surface area contributed by atoms with E-state index < -0.39 is 10.0 Å². The molecule has 0 bridgehead atoms. The standard InChI is InChI=1S/C9H9Cl2N5O2S/c1-16-9(13-4-14-16)15-19(17,18)6-3-2-5(10)8(12)7(6)11/h2-4H,12H2,1H3,(H,13,14,15). The Bertz CT molecular complexity index is 728. The second kappa shape index (κ2) is 4.87. The Morgan fingerprint density at radius 3 is 2.63 bits per heavy atom. The van der Waals surface area contributed by atoms with E-state index in [1.165, 1.54) is 23.1 Å². The molecule has 0 atom stereocenters. The number of aryl methyl sites for hydroxylation is 1. The number of hydrogen-bond acceptors (Lipinski definition) is 5. The highest BCUT2D eigenvalue weighted by Crippen LogP contribution is 2.33. The van der Waals surface area contributed by atoms with Gasteiger partial charge < -0.3 is 5.73 Å². The molecule has 3 N–H and O–H groups in total. The molecule has 2 aromatic rings. The lowest BCUT2D eigenvalue weighted by Crippen LogP contribution is -2.17. The summed E-state index contributed by atoms with van der Waals surface area (Å²) in [6.07, 6.45) is 1.22. The zero-order chi connectivity index (χ0) is 14.2. The summed E-state index contributed by atoms with van der Waals surface area (Å²) in [6, 6.07) is 2.62. The summed E-state index contributed by atoms with van der Waals surface area (Å²) in [5.41, 5.74) is 5.60.